The molecule has 0 amide bonds. The van der Waals surface area contributed by atoms with Gasteiger partial charge in [-0.2, -0.15) is 0 Å². The van der Waals surface area contributed by atoms with Crippen LogP contribution in [0, 0.1) is 6.92 Å². The van der Waals surface area contributed by atoms with Gasteiger partial charge in [0.2, 0.25) is 0 Å². The van der Waals surface area contributed by atoms with Crippen LogP contribution in [0.4, 0.5) is 0 Å². The highest BCUT2D eigenvalue weighted by Gasteiger charge is 2.52. The van der Waals surface area contributed by atoms with E-state index in [-0.39, 0.29) is 5.41 Å². The maximum atomic E-state index is 4.47. The monoisotopic (exact) mass is 392 g/mol. The molecule has 30 heavy (non-hydrogen) atoms. The van der Waals surface area contributed by atoms with Crippen molar-refractivity contribution in [2.45, 2.75) is 40.0 Å². The quantitative estimate of drug-likeness (QED) is 0.389. The molecule has 0 N–H and O–H groups in total. The Kier molecular flexibility index (Phi) is 6.27. The zero-order chi connectivity index (χ0) is 21.9. The van der Waals surface area contributed by atoms with Crippen LogP contribution in [0.2, 0.25) is 0 Å². The number of allylic oxidation sites excluding steroid dienone is 4. The van der Waals surface area contributed by atoms with E-state index in [1.165, 1.54) is 44.5 Å². The van der Waals surface area contributed by atoms with Crippen LogP contribution in [0.25, 0.3) is 16.7 Å². The number of fused-ring (bicyclic) bond motifs is 7. The van der Waals surface area contributed by atoms with E-state index >= 15 is 0 Å². The molecule has 0 saturated heterocycles. The molecule has 3 aromatic rings. The molecular weight excluding hydrogens is 360 g/mol. The normalized spacial score (nSPS) is 15.4. The minimum Gasteiger partial charge on any atom is -0.0991 e. The molecule has 2 aliphatic carbocycles. The second-order valence-corrected chi connectivity index (χ2v) is 7.18. The number of hydrogen-bond acceptors (Lipinski definition) is 0. The Labute approximate surface area is 182 Å². The maximum absolute atomic E-state index is 4.47. The van der Waals surface area contributed by atoms with Crippen molar-refractivity contribution < 1.29 is 0 Å². The average molecular weight is 393 g/mol. The van der Waals surface area contributed by atoms with Gasteiger partial charge in [0.15, 0.2) is 0 Å². The summed E-state index contributed by atoms with van der Waals surface area (Å²) < 4.78 is 0. The number of aryl methyl sites for hydroxylation is 1. The minimum absolute atomic E-state index is 0.292. The third kappa shape index (κ3) is 2.82. The zero-order valence-electron chi connectivity index (χ0n) is 18.9. The molecule has 152 valence electrons. The Bertz CT molecular complexity index is 1080. The van der Waals surface area contributed by atoms with Crippen LogP contribution in [0.15, 0.2) is 97.6 Å². The van der Waals surface area contributed by atoms with E-state index in [0.29, 0.717) is 0 Å². The van der Waals surface area contributed by atoms with Crippen molar-refractivity contribution in [1.29, 1.82) is 0 Å². The molecule has 0 bridgehead atoms. The third-order valence-electron chi connectivity index (χ3n) is 5.87. The highest BCUT2D eigenvalue weighted by atomic mass is 14.5. The molecule has 1 spiro atoms. The summed E-state index contributed by atoms with van der Waals surface area (Å²) in [7, 11) is 0. The summed E-state index contributed by atoms with van der Waals surface area (Å²) in [5, 5.41) is 0. The summed E-state index contributed by atoms with van der Waals surface area (Å²) in [6, 6.07) is 24.3. The van der Waals surface area contributed by atoms with Gasteiger partial charge in [-0.3, -0.25) is 0 Å². The Morgan fingerprint density at radius 3 is 1.77 bits per heavy atom. The fourth-order valence-electron chi connectivity index (χ4n) is 4.91. The molecule has 0 aliphatic heterocycles. The van der Waals surface area contributed by atoms with E-state index in [4.69, 9.17) is 0 Å². The largest absolute Gasteiger partial charge is 0.0991 e. The van der Waals surface area contributed by atoms with Gasteiger partial charge in [-0.1, -0.05) is 125 Å². The fourth-order valence-corrected chi connectivity index (χ4v) is 4.91. The zero-order valence-corrected chi connectivity index (χ0v) is 18.9. The second-order valence-electron chi connectivity index (χ2n) is 7.18. The van der Waals surface area contributed by atoms with E-state index in [2.05, 4.69) is 92.9 Å². The molecular formula is C30H32. The molecule has 0 aromatic heterocycles. The van der Waals surface area contributed by atoms with Crippen LogP contribution < -0.4 is 0 Å². The smallest absolute Gasteiger partial charge is 0.0725 e. The van der Waals surface area contributed by atoms with Crippen LogP contribution in [0.3, 0.4) is 0 Å². The predicted octanol–water partition coefficient (Wildman–Crippen LogP) is 8.50. The van der Waals surface area contributed by atoms with Crippen molar-refractivity contribution in [3.05, 3.63) is 125 Å². The third-order valence-corrected chi connectivity index (χ3v) is 5.87. The average Bonchev–Trinajstić information content (AvgIpc) is 3.23. The van der Waals surface area contributed by atoms with Gasteiger partial charge in [-0.25, -0.2) is 0 Å². The number of hydrogen-bond donors (Lipinski definition) is 0. The molecule has 0 saturated carbocycles. The molecule has 0 atom stereocenters. The molecule has 0 nitrogen and oxygen atoms in total. The number of rotatable bonds is 1. The topological polar surface area (TPSA) is 0 Å². The van der Waals surface area contributed by atoms with Crippen LogP contribution in [-0.4, -0.2) is 0 Å². The Morgan fingerprint density at radius 1 is 0.700 bits per heavy atom. The van der Waals surface area contributed by atoms with E-state index in [9.17, 15) is 0 Å². The predicted molar refractivity (Wildman–Crippen MR) is 133 cm³/mol. The van der Waals surface area contributed by atoms with Crippen LogP contribution in [0.1, 0.15) is 55.5 Å². The van der Waals surface area contributed by atoms with Crippen LogP contribution in [-0.2, 0) is 5.41 Å². The molecule has 0 fully saturated rings. The van der Waals surface area contributed by atoms with Gasteiger partial charge in [0.1, 0.15) is 0 Å². The van der Waals surface area contributed by atoms with Gasteiger partial charge >= 0.3 is 0 Å². The lowest BCUT2D eigenvalue weighted by Crippen LogP contribution is -2.26. The van der Waals surface area contributed by atoms with Crippen LogP contribution in [0.5, 0.6) is 0 Å². The molecule has 0 radical (unpaired) electrons. The fraction of sp³-hybridized carbons (Fsp3) is 0.200. The van der Waals surface area contributed by atoms with Crippen molar-refractivity contribution in [3.8, 4) is 11.1 Å². The van der Waals surface area contributed by atoms with Crippen molar-refractivity contribution >= 4 is 5.57 Å². The summed E-state index contributed by atoms with van der Waals surface area (Å²) in [6.45, 7) is 18.6. The van der Waals surface area contributed by atoms with Gasteiger partial charge < -0.3 is 0 Å². The number of benzene rings is 3. The van der Waals surface area contributed by atoms with Crippen molar-refractivity contribution in [1.82, 2.24) is 0 Å². The van der Waals surface area contributed by atoms with Crippen LogP contribution >= 0.6 is 0 Å². The highest BCUT2D eigenvalue weighted by Crippen LogP contribution is 2.63. The first kappa shape index (κ1) is 21.6. The maximum Gasteiger partial charge on any atom is 0.0725 e. The molecule has 0 heteroatoms. The van der Waals surface area contributed by atoms with E-state index in [1.807, 2.05) is 33.8 Å². The molecule has 0 unspecified atom stereocenters. The molecule has 0 heterocycles. The lowest BCUT2D eigenvalue weighted by atomic mass is 9.70. The van der Waals surface area contributed by atoms with Crippen molar-refractivity contribution in [2.24, 2.45) is 0 Å². The van der Waals surface area contributed by atoms with E-state index in [0.717, 1.165) is 5.57 Å². The lowest BCUT2D eigenvalue weighted by Gasteiger charge is -2.30. The Hall–Kier alpha value is -3.12. The summed E-state index contributed by atoms with van der Waals surface area (Å²) >= 11 is 0. The van der Waals surface area contributed by atoms with Gasteiger partial charge in [0.25, 0.3) is 0 Å². The molecule has 3 aromatic carbocycles. The first-order valence-electron chi connectivity index (χ1n) is 11.0. The molecule has 5 rings (SSSR count). The van der Waals surface area contributed by atoms with Crippen molar-refractivity contribution in [3.63, 3.8) is 0 Å². The van der Waals surface area contributed by atoms with E-state index in [1.54, 1.807) is 0 Å². The summed E-state index contributed by atoms with van der Waals surface area (Å²) in [4.78, 5) is 0. The summed E-state index contributed by atoms with van der Waals surface area (Å²) in [5.41, 5.74) is 11.2. The van der Waals surface area contributed by atoms with Gasteiger partial charge in [-0.15, -0.1) is 0 Å². The minimum atomic E-state index is -0.292. The first-order valence-corrected chi connectivity index (χ1v) is 11.0. The van der Waals surface area contributed by atoms with Gasteiger partial charge in [0, 0.05) is 0 Å². The van der Waals surface area contributed by atoms with Gasteiger partial charge in [0.05, 0.1) is 5.41 Å². The summed E-state index contributed by atoms with van der Waals surface area (Å²) in [6.07, 6.45) is 4.04. The molecule has 2 aliphatic rings. The standard InChI is InChI=1S/C26H20.2C2H6/c1-4-9-22-18(3)19-15-14-17(2)16-25(19)26(22)23-12-7-5-10-20(23)21-11-6-8-13-24(21)26;2*1-2/h4-16H,1,3H2,2H3;2*1-2H3/b22-9+;;. The lowest BCUT2D eigenvalue weighted by molar-refractivity contribution is 0.793. The highest BCUT2D eigenvalue weighted by molar-refractivity contribution is 5.99. The summed E-state index contributed by atoms with van der Waals surface area (Å²) in [5.74, 6) is 0. The van der Waals surface area contributed by atoms with Gasteiger partial charge in [-0.05, 0) is 51.5 Å². The Morgan fingerprint density at radius 2 is 1.23 bits per heavy atom. The first-order chi connectivity index (χ1) is 14.7. The SMILES string of the molecule is C=C/C=C1\C(=C)c2ccc(C)cc2C12c1ccccc1-c1ccccc12.CC.CC. The second kappa shape index (κ2) is 8.71. The van der Waals surface area contributed by atoms with Crippen molar-refractivity contribution in [2.75, 3.05) is 0 Å². The Balaban J connectivity index is 0.000000606. The van der Waals surface area contributed by atoms with E-state index < -0.39 is 0 Å².